The van der Waals surface area contributed by atoms with E-state index in [4.69, 9.17) is 14.6 Å². The molecule has 3 aliphatic heterocycles. The second-order valence-corrected chi connectivity index (χ2v) is 15.7. The predicted molar refractivity (Wildman–Crippen MR) is 179 cm³/mol. The molecule has 2 amide bonds. The number of likely N-dealkylation sites (tertiary alicyclic amines) is 2. The van der Waals surface area contributed by atoms with Crippen molar-refractivity contribution in [3.8, 4) is 0 Å². The summed E-state index contributed by atoms with van der Waals surface area (Å²) in [4.78, 5) is 41.9. The number of rotatable bonds is 9. The van der Waals surface area contributed by atoms with E-state index >= 15 is 0 Å². The van der Waals surface area contributed by atoms with Crippen LogP contribution in [0.3, 0.4) is 0 Å². The lowest BCUT2D eigenvalue weighted by Crippen LogP contribution is -2.61. The molecule has 15 heteroatoms. The van der Waals surface area contributed by atoms with E-state index in [-0.39, 0.29) is 17.6 Å². The molecule has 4 aliphatic rings. The fraction of sp³-hybridized carbons (Fsp3) is 0.735. The van der Waals surface area contributed by atoms with Gasteiger partial charge in [0, 0.05) is 64.1 Å². The molecule has 276 valence electrons. The summed E-state index contributed by atoms with van der Waals surface area (Å²) in [5.41, 5.74) is 0.361. The van der Waals surface area contributed by atoms with Crippen molar-refractivity contribution < 1.29 is 45.8 Å². The Kier molecular flexibility index (Phi) is 13.2. The Morgan fingerprint density at radius 2 is 1.63 bits per heavy atom. The molecule has 2 N–H and O–H groups in total. The first-order valence-corrected chi connectivity index (χ1v) is 19.4. The summed E-state index contributed by atoms with van der Waals surface area (Å²) in [6.07, 6.45) is 9.24. The number of carboxylic acid groups (broad SMARTS) is 1. The smallest absolute Gasteiger partial charge is 0.475 e. The highest BCUT2D eigenvalue weighted by molar-refractivity contribution is 7.92. The molecule has 49 heavy (non-hydrogen) atoms. The number of para-hydroxylation sites is 1. The van der Waals surface area contributed by atoms with Crippen molar-refractivity contribution >= 4 is 33.7 Å². The predicted octanol–water partition coefficient (Wildman–Crippen LogP) is 5.97. The SMILES string of the molecule is CCCCC1CN(CC2CCCCC2)C(=O)OC12CCN(C1CCN(C(=O)c3ccccc3NS(C)(=O)=O)CC1)CC2.O=C(O)C(F)(F)F. The van der Waals surface area contributed by atoms with Crippen LogP contribution in [0.4, 0.5) is 23.7 Å². The number of nitrogens with one attached hydrogen (secondary N) is 1. The van der Waals surface area contributed by atoms with Gasteiger partial charge in [-0.3, -0.25) is 14.4 Å². The molecule has 1 spiro atoms. The fourth-order valence-corrected chi connectivity index (χ4v) is 8.38. The number of anilines is 1. The van der Waals surface area contributed by atoms with Gasteiger partial charge in [-0.05, 0) is 50.2 Å². The highest BCUT2D eigenvalue weighted by Gasteiger charge is 2.50. The lowest BCUT2D eigenvalue weighted by molar-refractivity contribution is -0.192. The molecule has 1 saturated carbocycles. The first kappa shape index (κ1) is 38.7. The zero-order valence-electron chi connectivity index (χ0n) is 28.5. The standard InChI is InChI=1S/C32H50N4O5S.C2HF3O2/c1-3-4-12-26-24-36(23-25-10-6-5-7-11-25)31(38)41-32(26)17-21-34(22-18-32)27-15-19-35(20-16-27)30(37)28-13-8-9-14-29(28)33-42(2,39)40;3-2(4,5)1(6)7/h8-9,13-14,25-27,33H,3-7,10-12,15-24H2,1-2H3;(H,6,7). The van der Waals surface area contributed by atoms with Crippen molar-refractivity contribution in [1.82, 2.24) is 14.7 Å². The van der Waals surface area contributed by atoms with Gasteiger partial charge in [0.05, 0.1) is 17.5 Å². The molecule has 1 aliphatic carbocycles. The number of benzene rings is 1. The number of halogens is 3. The van der Waals surface area contributed by atoms with Crippen molar-refractivity contribution in [3.05, 3.63) is 29.8 Å². The van der Waals surface area contributed by atoms with Gasteiger partial charge in [-0.1, -0.05) is 51.2 Å². The van der Waals surface area contributed by atoms with E-state index < -0.39 is 22.2 Å². The van der Waals surface area contributed by atoms with Crippen molar-refractivity contribution in [2.24, 2.45) is 11.8 Å². The third kappa shape index (κ3) is 10.7. The number of piperidine rings is 2. The molecular weight excluding hydrogens is 665 g/mol. The second kappa shape index (κ2) is 16.8. The Morgan fingerprint density at radius 3 is 2.20 bits per heavy atom. The van der Waals surface area contributed by atoms with Gasteiger partial charge in [0.25, 0.3) is 5.91 Å². The van der Waals surface area contributed by atoms with Gasteiger partial charge in [-0.2, -0.15) is 13.2 Å². The minimum atomic E-state index is -5.08. The molecule has 0 aromatic heterocycles. The van der Waals surface area contributed by atoms with Crippen LogP contribution in [0, 0.1) is 11.8 Å². The molecule has 4 fully saturated rings. The monoisotopic (exact) mass is 716 g/mol. The van der Waals surface area contributed by atoms with Crippen LogP contribution in [0.1, 0.15) is 94.3 Å². The number of hydrogen-bond acceptors (Lipinski definition) is 7. The number of nitrogens with zero attached hydrogens (tertiary/aromatic N) is 3. The number of ether oxygens (including phenoxy) is 1. The zero-order chi connectivity index (χ0) is 35.8. The van der Waals surface area contributed by atoms with Gasteiger partial charge in [0.1, 0.15) is 5.60 Å². The van der Waals surface area contributed by atoms with E-state index in [0.717, 1.165) is 71.0 Å². The number of sulfonamides is 1. The summed E-state index contributed by atoms with van der Waals surface area (Å²) < 4.78 is 64.2. The maximum atomic E-state index is 13.3. The maximum Gasteiger partial charge on any atom is 0.490 e. The topological polar surface area (TPSA) is 137 Å². The minimum Gasteiger partial charge on any atom is -0.475 e. The Labute approximate surface area is 287 Å². The number of alkyl halides is 3. The summed E-state index contributed by atoms with van der Waals surface area (Å²) in [5.74, 6) is -1.88. The average molecular weight is 717 g/mol. The van der Waals surface area contributed by atoms with E-state index in [1.165, 1.54) is 38.5 Å². The molecule has 1 atom stereocenters. The summed E-state index contributed by atoms with van der Waals surface area (Å²) in [5, 5.41) is 7.12. The number of amides is 2. The fourth-order valence-electron chi connectivity index (χ4n) is 7.80. The van der Waals surface area contributed by atoms with E-state index in [0.29, 0.717) is 42.2 Å². The number of carbonyl (C=O) groups is 3. The number of carbonyl (C=O) groups excluding carboxylic acids is 2. The highest BCUT2D eigenvalue weighted by Crippen LogP contribution is 2.42. The Morgan fingerprint density at radius 1 is 1.02 bits per heavy atom. The van der Waals surface area contributed by atoms with Crippen molar-refractivity contribution in [3.63, 3.8) is 0 Å². The Bertz CT molecular complexity index is 1390. The third-order valence-corrected chi connectivity index (χ3v) is 11.0. The van der Waals surface area contributed by atoms with Gasteiger partial charge in [0.2, 0.25) is 10.0 Å². The highest BCUT2D eigenvalue weighted by atomic mass is 32.2. The summed E-state index contributed by atoms with van der Waals surface area (Å²) in [6.45, 7) is 7.05. The van der Waals surface area contributed by atoms with Gasteiger partial charge in [-0.15, -0.1) is 0 Å². The molecule has 1 aromatic carbocycles. The van der Waals surface area contributed by atoms with Crippen LogP contribution < -0.4 is 4.72 Å². The molecule has 1 unspecified atom stereocenters. The second-order valence-electron chi connectivity index (χ2n) is 14.0. The number of hydrogen-bond donors (Lipinski definition) is 2. The third-order valence-electron chi connectivity index (χ3n) is 10.5. The molecule has 0 radical (unpaired) electrons. The first-order chi connectivity index (χ1) is 23.1. The number of unbranched alkanes of at least 4 members (excludes halogenated alkanes) is 1. The molecular formula is C34H51F3N4O7S. The quantitative estimate of drug-likeness (QED) is 0.319. The van der Waals surface area contributed by atoms with Crippen LogP contribution in [0.5, 0.6) is 0 Å². The maximum absolute atomic E-state index is 13.3. The lowest BCUT2D eigenvalue weighted by Gasteiger charge is -2.52. The van der Waals surface area contributed by atoms with Crippen molar-refractivity contribution in [2.75, 3.05) is 50.2 Å². The largest absolute Gasteiger partial charge is 0.490 e. The van der Waals surface area contributed by atoms with Gasteiger partial charge in [-0.25, -0.2) is 18.0 Å². The van der Waals surface area contributed by atoms with E-state index in [2.05, 4.69) is 16.5 Å². The zero-order valence-corrected chi connectivity index (χ0v) is 29.4. The van der Waals surface area contributed by atoms with Crippen LogP contribution >= 0.6 is 0 Å². The summed E-state index contributed by atoms with van der Waals surface area (Å²) >= 11 is 0. The Hall–Kier alpha value is -3.07. The van der Waals surface area contributed by atoms with E-state index in [1.54, 1.807) is 24.3 Å². The first-order valence-electron chi connectivity index (χ1n) is 17.5. The molecule has 5 rings (SSSR count). The summed E-state index contributed by atoms with van der Waals surface area (Å²) in [7, 11) is -3.48. The van der Waals surface area contributed by atoms with Gasteiger partial charge in [0.15, 0.2) is 0 Å². The van der Waals surface area contributed by atoms with Crippen LogP contribution in [0.2, 0.25) is 0 Å². The molecule has 1 aromatic rings. The molecule has 3 saturated heterocycles. The lowest BCUT2D eigenvalue weighted by atomic mass is 9.75. The number of aliphatic carboxylic acids is 1. The molecule has 3 heterocycles. The number of carboxylic acids is 1. The van der Waals surface area contributed by atoms with E-state index in [1.807, 2.05) is 9.80 Å². The molecule has 11 nitrogen and oxygen atoms in total. The van der Waals surface area contributed by atoms with Gasteiger partial charge >= 0.3 is 18.2 Å². The Balaban J connectivity index is 0.000000698. The van der Waals surface area contributed by atoms with Gasteiger partial charge < -0.3 is 19.6 Å². The average Bonchev–Trinajstić information content (AvgIpc) is 3.05. The van der Waals surface area contributed by atoms with Crippen LogP contribution in [-0.4, -0.2) is 110 Å². The molecule has 0 bridgehead atoms. The van der Waals surface area contributed by atoms with Crippen molar-refractivity contribution in [1.29, 1.82) is 0 Å². The van der Waals surface area contributed by atoms with E-state index in [9.17, 15) is 31.2 Å². The van der Waals surface area contributed by atoms with Crippen LogP contribution in [0.15, 0.2) is 24.3 Å². The van der Waals surface area contributed by atoms with Crippen molar-refractivity contribution in [2.45, 2.75) is 102 Å². The normalized spacial score (nSPS) is 22.6. The summed E-state index contributed by atoms with van der Waals surface area (Å²) in [6, 6.07) is 7.20. The van der Waals surface area contributed by atoms with Crippen LogP contribution in [0.25, 0.3) is 0 Å². The van der Waals surface area contributed by atoms with Crippen LogP contribution in [-0.2, 0) is 19.6 Å². The minimum absolute atomic E-state index is 0.0979.